The SMILES string of the molecule is CCOCCN(C)Cc1cccc(C(=N)N)c1F. The maximum absolute atomic E-state index is 14.0. The summed E-state index contributed by atoms with van der Waals surface area (Å²) >= 11 is 0. The van der Waals surface area contributed by atoms with Crippen LogP contribution >= 0.6 is 0 Å². The van der Waals surface area contributed by atoms with E-state index in [9.17, 15) is 4.39 Å². The van der Waals surface area contributed by atoms with Gasteiger partial charge in [-0.25, -0.2) is 4.39 Å². The third-order valence-corrected chi connectivity index (χ3v) is 2.63. The molecule has 1 aromatic rings. The lowest BCUT2D eigenvalue weighted by atomic mass is 10.1. The molecular formula is C13H20FN3O. The minimum Gasteiger partial charge on any atom is -0.384 e. The highest BCUT2D eigenvalue weighted by Gasteiger charge is 2.11. The van der Waals surface area contributed by atoms with Gasteiger partial charge in [-0.1, -0.05) is 12.1 Å². The maximum Gasteiger partial charge on any atom is 0.138 e. The third kappa shape index (κ3) is 4.09. The zero-order valence-corrected chi connectivity index (χ0v) is 10.9. The Kier molecular flexibility index (Phi) is 5.74. The Bertz CT molecular complexity index is 409. The molecule has 0 saturated carbocycles. The maximum atomic E-state index is 14.0. The van der Waals surface area contributed by atoms with E-state index in [4.69, 9.17) is 15.9 Å². The average Bonchev–Trinajstić information content (AvgIpc) is 2.32. The summed E-state index contributed by atoms with van der Waals surface area (Å²) in [5.41, 5.74) is 6.02. The summed E-state index contributed by atoms with van der Waals surface area (Å²) in [7, 11) is 1.90. The largest absolute Gasteiger partial charge is 0.384 e. The molecule has 1 rings (SSSR count). The number of hydrogen-bond donors (Lipinski definition) is 2. The molecule has 5 heteroatoms. The number of nitrogens with one attached hydrogen (secondary N) is 1. The molecule has 0 heterocycles. The molecule has 0 saturated heterocycles. The molecule has 0 radical (unpaired) electrons. The van der Waals surface area contributed by atoms with E-state index in [0.29, 0.717) is 25.3 Å². The predicted octanol–water partition coefficient (Wildman–Crippen LogP) is 1.58. The first-order valence-electron chi connectivity index (χ1n) is 5.94. The lowest BCUT2D eigenvalue weighted by molar-refractivity contribution is 0.120. The first-order valence-corrected chi connectivity index (χ1v) is 5.94. The lowest BCUT2D eigenvalue weighted by Crippen LogP contribution is -2.24. The molecule has 0 unspecified atom stereocenters. The summed E-state index contributed by atoms with van der Waals surface area (Å²) in [6.07, 6.45) is 0. The van der Waals surface area contributed by atoms with Gasteiger partial charge in [0.05, 0.1) is 12.2 Å². The van der Waals surface area contributed by atoms with Gasteiger partial charge < -0.3 is 10.5 Å². The van der Waals surface area contributed by atoms with Crippen LogP contribution in [0.1, 0.15) is 18.1 Å². The lowest BCUT2D eigenvalue weighted by Gasteiger charge is -2.17. The van der Waals surface area contributed by atoms with Gasteiger partial charge in [-0.2, -0.15) is 0 Å². The molecular weight excluding hydrogens is 233 g/mol. The second-order valence-electron chi connectivity index (χ2n) is 4.13. The fourth-order valence-electron chi connectivity index (χ4n) is 1.64. The van der Waals surface area contributed by atoms with Crippen molar-refractivity contribution >= 4 is 5.84 Å². The van der Waals surface area contributed by atoms with Crippen molar-refractivity contribution in [3.63, 3.8) is 0 Å². The molecule has 100 valence electrons. The number of nitrogens with zero attached hydrogens (tertiary/aromatic N) is 1. The highest BCUT2D eigenvalue weighted by atomic mass is 19.1. The molecule has 0 amide bonds. The number of hydrogen-bond acceptors (Lipinski definition) is 3. The standard InChI is InChI=1S/C13H20FN3O/c1-3-18-8-7-17(2)9-10-5-4-6-11(12(10)14)13(15)16/h4-6H,3,7-9H2,1-2H3,(H3,15,16). The van der Waals surface area contributed by atoms with Crippen molar-refractivity contribution in [2.45, 2.75) is 13.5 Å². The molecule has 0 bridgehead atoms. The zero-order chi connectivity index (χ0) is 13.5. The average molecular weight is 253 g/mol. The quantitative estimate of drug-likeness (QED) is 0.440. The number of nitrogen functional groups attached to an aromatic ring is 1. The number of ether oxygens (including phenoxy) is 1. The van der Waals surface area contributed by atoms with Gasteiger partial charge in [0.25, 0.3) is 0 Å². The summed E-state index contributed by atoms with van der Waals surface area (Å²) in [5.74, 6) is -0.653. The minimum atomic E-state index is -0.409. The van der Waals surface area contributed by atoms with Gasteiger partial charge in [-0.15, -0.1) is 0 Å². The summed E-state index contributed by atoms with van der Waals surface area (Å²) < 4.78 is 19.2. The molecule has 0 aliphatic rings. The fraction of sp³-hybridized carbons (Fsp3) is 0.462. The van der Waals surface area contributed by atoms with Crippen LogP contribution in [-0.2, 0) is 11.3 Å². The van der Waals surface area contributed by atoms with E-state index in [-0.39, 0.29) is 11.4 Å². The molecule has 0 aromatic heterocycles. The molecule has 0 aliphatic heterocycles. The van der Waals surface area contributed by atoms with Gasteiger partial charge in [0.1, 0.15) is 11.7 Å². The van der Waals surface area contributed by atoms with Crippen molar-refractivity contribution in [2.75, 3.05) is 26.8 Å². The van der Waals surface area contributed by atoms with Crippen LogP contribution in [0.15, 0.2) is 18.2 Å². The van der Waals surface area contributed by atoms with E-state index in [1.165, 1.54) is 6.07 Å². The number of nitrogens with two attached hydrogens (primary N) is 1. The molecule has 3 N–H and O–H groups in total. The molecule has 4 nitrogen and oxygen atoms in total. The van der Waals surface area contributed by atoms with Crippen LogP contribution in [0.4, 0.5) is 4.39 Å². The van der Waals surface area contributed by atoms with Crippen molar-refractivity contribution < 1.29 is 9.13 Å². The second kappa shape index (κ2) is 7.08. The summed E-state index contributed by atoms with van der Waals surface area (Å²) in [5, 5.41) is 7.30. The number of benzene rings is 1. The Morgan fingerprint density at radius 2 is 2.22 bits per heavy atom. The van der Waals surface area contributed by atoms with E-state index in [1.54, 1.807) is 12.1 Å². The van der Waals surface area contributed by atoms with Crippen LogP contribution in [0, 0.1) is 11.2 Å². The molecule has 0 spiro atoms. The van der Waals surface area contributed by atoms with Crippen LogP contribution in [0.3, 0.4) is 0 Å². The monoisotopic (exact) mass is 253 g/mol. The molecule has 0 fully saturated rings. The molecule has 0 atom stereocenters. The first kappa shape index (κ1) is 14.6. The van der Waals surface area contributed by atoms with E-state index in [0.717, 1.165) is 6.54 Å². The highest BCUT2D eigenvalue weighted by molar-refractivity contribution is 5.95. The molecule has 1 aromatic carbocycles. The third-order valence-electron chi connectivity index (χ3n) is 2.63. The zero-order valence-electron chi connectivity index (χ0n) is 10.9. The van der Waals surface area contributed by atoms with E-state index < -0.39 is 5.82 Å². The number of halogens is 1. The number of amidine groups is 1. The Morgan fingerprint density at radius 3 is 2.83 bits per heavy atom. The van der Waals surface area contributed by atoms with Gasteiger partial charge >= 0.3 is 0 Å². The Hall–Kier alpha value is -1.46. The Morgan fingerprint density at radius 1 is 1.50 bits per heavy atom. The summed E-state index contributed by atoms with van der Waals surface area (Å²) in [6.45, 7) is 4.46. The smallest absolute Gasteiger partial charge is 0.138 e. The number of likely N-dealkylation sites (N-methyl/N-ethyl adjacent to an activating group) is 1. The second-order valence-corrected chi connectivity index (χ2v) is 4.13. The Balaban J connectivity index is 2.67. The topological polar surface area (TPSA) is 62.3 Å². The van der Waals surface area contributed by atoms with Gasteiger partial charge in [-0.3, -0.25) is 10.3 Å². The van der Waals surface area contributed by atoms with Crippen molar-refractivity contribution in [3.05, 3.63) is 35.1 Å². The summed E-state index contributed by atoms with van der Waals surface area (Å²) in [6, 6.07) is 4.94. The molecule has 18 heavy (non-hydrogen) atoms. The van der Waals surface area contributed by atoms with Gasteiger partial charge in [-0.05, 0) is 20.0 Å². The normalized spacial score (nSPS) is 10.9. The van der Waals surface area contributed by atoms with Crippen LogP contribution in [-0.4, -0.2) is 37.5 Å². The van der Waals surface area contributed by atoms with Crippen molar-refractivity contribution in [2.24, 2.45) is 5.73 Å². The highest BCUT2D eigenvalue weighted by Crippen LogP contribution is 2.14. The first-order chi connectivity index (χ1) is 8.56. The predicted molar refractivity (Wildman–Crippen MR) is 70.2 cm³/mol. The number of rotatable bonds is 7. The van der Waals surface area contributed by atoms with E-state index in [1.807, 2.05) is 18.9 Å². The van der Waals surface area contributed by atoms with Crippen molar-refractivity contribution in [3.8, 4) is 0 Å². The van der Waals surface area contributed by atoms with Gasteiger partial charge in [0, 0.05) is 25.3 Å². The van der Waals surface area contributed by atoms with Crippen molar-refractivity contribution in [1.29, 1.82) is 5.41 Å². The van der Waals surface area contributed by atoms with Crippen LogP contribution in [0.5, 0.6) is 0 Å². The minimum absolute atomic E-state index is 0.158. The van der Waals surface area contributed by atoms with Crippen LogP contribution < -0.4 is 5.73 Å². The van der Waals surface area contributed by atoms with E-state index in [2.05, 4.69) is 0 Å². The summed E-state index contributed by atoms with van der Waals surface area (Å²) in [4.78, 5) is 1.97. The van der Waals surface area contributed by atoms with E-state index >= 15 is 0 Å². The van der Waals surface area contributed by atoms with Gasteiger partial charge in [0.2, 0.25) is 0 Å². The van der Waals surface area contributed by atoms with Crippen molar-refractivity contribution in [1.82, 2.24) is 4.90 Å². The van der Waals surface area contributed by atoms with Crippen LogP contribution in [0.25, 0.3) is 0 Å². The van der Waals surface area contributed by atoms with Gasteiger partial charge in [0.15, 0.2) is 0 Å². The fourth-order valence-corrected chi connectivity index (χ4v) is 1.64. The Labute approximate surface area is 107 Å². The van der Waals surface area contributed by atoms with Crippen LogP contribution in [0.2, 0.25) is 0 Å². The molecule has 0 aliphatic carbocycles.